The van der Waals surface area contributed by atoms with Gasteiger partial charge < -0.3 is 14.6 Å². The normalized spacial score (nSPS) is 13.2. The van der Waals surface area contributed by atoms with Crippen molar-refractivity contribution < 1.29 is 29.0 Å². The van der Waals surface area contributed by atoms with Crippen molar-refractivity contribution in [3.63, 3.8) is 0 Å². The fourth-order valence-electron chi connectivity index (χ4n) is 2.08. The summed E-state index contributed by atoms with van der Waals surface area (Å²) in [5.41, 5.74) is 0. The van der Waals surface area contributed by atoms with Crippen LogP contribution in [0.1, 0.15) is 65.7 Å². The second-order valence-corrected chi connectivity index (χ2v) is 5.74. The van der Waals surface area contributed by atoms with E-state index in [-0.39, 0.29) is 19.6 Å². The molecule has 0 aromatic heterocycles. The Bertz CT molecular complexity index is 366. The number of hydrogen-bond acceptors (Lipinski definition) is 5. The van der Waals surface area contributed by atoms with Crippen LogP contribution in [0.2, 0.25) is 0 Å². The first-order chi connectivity index (χ1) is 10.9. The molecular formula is C17H30O6. The van der Waals surface area contributed by atoms with Crippen molar-refractivity contribution in [2.24, 2.45) is 11.8 Å². The number of carbonyl (C=O) groups is 3. The number of unbranched alkanes of at least 4 members (excludes halogenated alkanes) is 4. The lowest BCUT2D eigenvalue weighted by molar-refractivity contribution is -0.160. The van der Waals surface area contributed by atoms with Gasteiger partial charge in [0.2, 0.25) is 0 Å². The molecule has 23 heavy (non-hydrogen) atoms. The Labute approximate surface area is 138 Å². The largest absolute Gasteiger partial charge is 0.481 e. The number of carboxylic acids is 1. The molecule has 6 heteroatoms. The monoisotopic (exact) mass is 330 g/mol. The number of carbonyl (C=O) groups excluding carboxylic acids is 2. The summed E-state index contributed by atoms with van der Waals surface area (Å²) >= 11 is 0. The zero-order valence-corrected chi connectivity index (χ0v) is 14.5. The highest BCUT2D eigenvalue weighted by Crippen LogP contribution is 2.19. The van der Waals surface area contributed by atoms with Gasteiger partial charge in [0.15, 0.2) is 0 Å². The van der Waals surface area contributed by atoms with E-state index < -0.39 is 29.7 Å². The molecule has 2 unspecified atom stereocenters. The molecule has 0 aliphatic rings. The lowest BCUT2D eigenvalue weighted by Gasteiger charge is -2.18. The lowest BCUT2D eigenvalue weighted by Crippen LogP contribution is -2.31. The molecule has 6 nitrogen and oxygen atoms in total. The molecule has 0 aromatic rings. The molecule has 0 amide bonds. The molecule has 0 radical (unpaired) electrons. The summed E-state index contributed by atoms with van der Waals surface area (Å²) in [5.74, 6) is -4.34. The third-order valence-electron chi connectivity index (χ3n) is 3.68. The van der Waals surface area contributed by atoms with E-state index in [9.17, 15) is 19.5 Å². The summed E-state index contributed by atoms with van der Waals surface area (Å²) in [6, 6.07) is 0. The maximum atomic E-state index is 11.9. The molecule has 0 saturated heterocycles. The highest BCUT2D eigenvalue weighted by atomic mass is 16.5. The summed E-state index contributed by atoms with van der Waals surface area (Å²) in [7, 11) is 0. The van der Waals surface area contributed by atoms with E-state index in [0.29, 0.717) is 0 Å². The minimum atomic E-state index is -1.19. The van der Waals surface area contributed by atoms with E-state index in [4.69, 9.17) is 9.47 Å². The van der Waals surface area contributed by atoms with Gasteiger partial charge in [0.25, 0.3) is 0 Å². The second-order valence-electron chi connectivity index (χ2n) is 5.74. The molecule has 0 fully saturated rings. The van der Waals surface area contributed by atoms with Crippen molar-refractivity contribution in [2.45, 2.75) is 65.7 Å². The molecule has 0 rings (SSSR count). The van der Waals surface area contributed by atoms with Crippen LogP contribution < -0.4 is 0 Å². The first kappa shape index (κ1) is 21.4. The van der Waals surface area contributed by atoms with Gasteiger partial charge in [-0.05, 0) is 12.8 Å². The molecule has 0 aliphatic heterocycles. The van der Waals surface area contributed by atoms with Crippen molar-refractivity contribution in [1.82, 2.24) is 0 Å². The summed E-state index contributed by atoms with van der Waals surface area (Å²) in [6.07, 6.45) is 5.13. The van der Waals surface area contributed by atoms with Gasteiger partial charge in [0.05, 0.1) is 31.5 Å². The Morgan fingerprint density at radius 2 is 1.43 bits per heavy atom. The smallest absolute Gasteiger partial charge is 0.309 e. The summed E-state index contributed by atoms with van der Waals surface area (Å²) in [4.78, 5) is 34.9. The molecule has 0 saturated carbocycles. The fraction of sp³-hybridized carbons (Fsp3) is 0.824. The number of carboxylic acid groups (broad SMARTS) is 1. The maximum Gasteiger partial charge on any atom is 0.309 e. The van der Waals surface area contributed by atoms with E-state index in [2.05, 4.69) is 0 Å². The molecular weight excluding hydrogens is 300 g/mol. The first-order valence-electron chi connectivity index (χ1n) is 8.49. The van der Waals surface area contributed by atoms with Gasteiger partial charge in [-0.2, -0.15) is 0 Å². The summed E-state index contributed by atoms with van der Waals surface area (Å²) in [5, 5.41) is 9.25. The van der Waals surface area contributed by atoms with Gasteiger partial charge in [0, 0.05) is 0 Å². The molecule has 0 bridgehead atoms. The van der Waals surface area contributed by atoms with E-state index in [1.807, 2.05) is 13.8 Å². The van der Waals surface area contributed by atoms with Crippen LogP contribution in [0.3, 0.4) is 0 Å². The average molecular weight is 330 g/mol. The molecule has 134 valence electrons. The van der Waals surface area contributed by atoms with Crippen molar-refractivity contribution >= 4 is 17.9 Å². The topological polar surface area (TPSA) is 89.9 Å². The van der Waals surface area contributed by atoms with Gasteiger partial charge in [-0.1, -0.05) is 46.5 Å². The van der Waals surface area contributed by atoms with Crippen LogP contribution in [-0.4, -0.2) is 36.2 Å². The van der Waals surface area contributed by atoms with Crippen LogP contribution in [0.4, 0.5) is 0 Å². The predicted molar refractivity (Wildman–Crippen MR) is 85.9 cm³/mol. The van der Waals surface area contributed by atoms with Gasteiger partial charge >= 0.3 is 17.9 Å². The van der Waals surface area contributed by atoms with Gasteiger partial charge in [-0.25, -0.2) is 0 Å². The SMILES string of the molecule is CCCCCOC(=O)CC(C(=O)O)C(C)C(=O)OCCCCC. The Morgan fingerprint density at radius 1 is 0.913 bits per heavy atom. The maximum absolute atomic E-state index is 11.9. The number of rotatable bonds is 13. The Kier molecular flexibility index (Phi) is 12.0. The third-order valence-corrected chi connectivity index (χ3v) is 3.68. The van der Waals surface area contributed by atoms with Crippen molar-refractivity contribution in [2.75, 3.05) is 13.2 Å². The van der Waals surface area contributed by atoms with Crippen molar-refractivity contribution in [3.8, 4) is 0 Å². The fourth-order valence-corrected chi connectivity index (χ4v) is 2.08. The zero-order chi connectivity index (χ0) is 17.7. The van der Waals surface area contributed by atoms with Crippen molar-refractivity contribution in [3.05, 3.63) is 0 Å². The van der Waals surface area contributed by atoms with Crippen LogP contribution >= 0.6 is 0 Å². The Morgan fingerprint density at radius 3 is 1.91 bits per heavy atom. The first-order valence-corrected chi connectivity index (χ1v) is 8.49. The van der Waals surface area contributed by atoms with E-state index in [1.54, 1.807) is 0 Å². The van der Waals surface area contributed by atoms with Crippen LogP contribution in [0.5, 0.6) is 0 Å². The summed E-state index contributed by atoms with van der Waals surface area (Å²) in [6.45, 7) is 6.12. The van der Waals surface area contributed by atoms with Crippen LogP contribution in [0.25, 0.3) is 0 Å². The lowest BCUT2D eigenvalue weighted by atomic mass is 9.91. The minimum Gasteiger partial charge on any atom is -0.481 e. The predicted octanol–water partition coefficient (Wildman–Crippen LogP) is 3.18. The molecule has 1 N–H and O–H groups in total. The van der Waals surface area contributed by atoms with Crippen LogP contribution in [0.15, 0.2) is 0 Å². The second kappa shape index (κ2) is 12.9. The van der Waals surface area contributed by atoms with Crippen LogP contribution in [0, 0.1) is 11.8 Å². The molecule has 0 aromatic carbocycles. The number of esters is 2. The minimum absolute atomic E-state index is 0.283. The van der Waals surface area contributed by atoms with E-state index >= 15 is 0 Å². The summed E-state index contributed by atoms with van der Waals surface area (Å²) < 4.78 is 10.1. The molecule has 0 heterocycles. The number of hydrogen-bond donors (Lipinski definition) is 1. The third kappa shape index (κ3) is 9.92. The highest BCUT2D eigenvalue weighted by molar-refractivity contribution is 5.84. The standard InChI is InChI=1S/C17H30O6/c1-4-6-8-10-22-15(18)12-14(16(19)20)13(3)17(21)23-11-9-7-5-2/h13-14H,4-12H2,1-3H3,(H,19,20). The van der Waals surface area contributed by atoms with Crippen LogP contribution in [-0.2, 0) is 23.9 Å². The molecule has 0 spiro atoms. The molecule has 0 aliphatic carbocycles. The number of aliphatic carboxylic acids is 1. The number of ether oxygens (including phenoxy) is 2. The van der Waals surface area contributed by atoms with Gasteiger partial charge in [0.1, 0.15) is 0 Å². The molecule has 2 atom stereocenters. The van der Waals surface area contributed by atoms with Gasteiger partial charge in [-0.3, -0.25) is 14.4 Å². The highest BCUT2D eigenvalue weighted by Gasteiger charge is 2.33. The van der Waals surface area contributed by atoms with E-state index in [0.717, 1.165) is 38.5 Å². The zero-order valence-electron chi connectivity index (χ0n) is 14.5. The Balaban J connectivity index is 4.33. The van der Waals surface area contributed by atoms with E-state index in [1.165, 1.54) is 6.92 Å². The average Bonchev–Trinajstić information content (AvgIpc) is 2.52. The van der Waals surface area contributed by atoms with Gasteiger partial charge in [-0.15, -0.1) is 0 Å². The quantitative estimate of drug-likeness (QED) is 0.412. The van der Waals surface area contributed by atoms with Crippen molar-refractivity contribution in [1.29, 1.82) is 0 Å². The Hall–Kier alpha value is -1.59.